The van der Waals surface area contributed by atoms with Crippen molar-refractivity contribution in [2.24, 2.45) is 5.41 Å². The third-order valence-corrected chi connectivity index (χ3v) is 3.66. The maximum absolute atomic E-state index is 12.6. The van der Waals surface area contributed by atoms with Gasteiger partial charge in [-0.2, -0.15) is 5.26 Å². The molecule has 0 N–H and O–H groups in total. The Bertz CT molecular complexity index is 287. The quantitative estimate of drug-likeness (QED) is 0.660. The molecule has 0 spiro atoms. The van der Waals surface area contributed by atoms with E-state index in [-0.39, 0.29) is 11.9 Å². The predicted molar refractivity (Wildman–Crippen MR) is 75.0 cm³/mol. The van der Waals surface area contributed by atoms with Gasteiger partial charge in [-0.25, -0.2) is 0 Å². The molecule has 0 bridgehead atoms. The van der Waals surface area contributed by atoms with Crippen LogP contribution in [-0.2, 0) is 4.79 Å². The molecule has 0 rings (SSSR count). The molecule has 0 aliphatic carbocycles. The molecular weight excluding hydrogens is 224 g/mol. The molecule has 1 atom stereocenters. The van der Waals surface area contributed by atoms with Crippen LogP contribution in [0.1, 0.15) is 66.2 Å². The molecule has 0 aliphatic heterocycles. The first-order valence-electron chi connectivity index (χ1n) is 7.17. The number of carbonyl (C=O) groups excluding carboxylic acids is 1. The zero-order valence-electron chi connectivity index (χ0n) is 12.6. The van der Waals surface area contributed by atoms with Crippen molar-refractivity contribution in [2.45, 2.75) is 72.3 Å². The monoisotopic (exact) mass is 252 g/mol. The van der Waals surface area contributed by atoms with Crippen LogP contribution in [0.2, 0.25) is 0 Å². The van der Waals surface area contributed by atoms with E-state index in [2.05, 4.69) is 19.9 Å². The number of nitriles is 1. The number of rotatable bonds is 8. The van der Waals surface area contributed by atoms with Gasteiger partial charge >= 0.3 is 0 Å². The van der Waals surface area contributed by atoms with E-state index in [0.29, 0.717) is 12.8 Å². The van der Waals surface area contributed by atoms with Crippen molar-refractivity contribution in [1.82, 2.24) is 4.90 Å². The zero-order valence-corrected chi connectivity index (χ0v) is 12.6. The van der Waals surface area contributed by atoms with Gasteiger partial charge in [0.2, 0.25) is 5.91 Å². The highest BCUT2D eigenvalue weighted by atomic mass is 16.2. The normalized spacial score (nSPS) is 12.9. The molecule has 0 saturated heterocycles. The second-order valence-corrected chi connectivity index (χ2v) is 5.25. The lowest BCUT2D eigenvalue weighted by Gasteiger charge is -2.33. The lowest BCUT2D eigenvalue weighted by molar-refractivity contribution is -0.140. The molecule has 1 unspecified atom stereocenters. The van der Waals surface area contributed by atoms with Gasteiger partial charge in [-0.15, -0.1) is 0 Å². The molecular formula is C15H28N2O. The van der Waals surface area contributed by atoms with Gasteiger partial charge in [0, 0.05) is 13.1 Å². The van der Waals surface area contributed by atoms with Crippen molar-refractivity contribution < 1.29 is 4.79 Å². The Morgan fingerprint density at radius 3 is 2.06 bits per heavy atom. The molecule has 0 aromatic carbocycles. The average molecular weight is 252 g/mol. The predicted octanol–water partition coefficient (Wildman–Crippen LogP) is 3.74. The number of carbonyl (C=O) groups is 1. The summed E-state index contributed by atoms with van der Waals surface area (Å²) in [6.45, 7) is 8.24. The molecule has 3 heteroatoms. The van der Waals surface area contributed by atoms with Gasteiger partial charge in [0.1, 0.15) is 5.41 Å². The van der Waals surface area contributed by atoms with E-state index in [4.69, 9.17) is 0 Å². The molecule has 18 heavy (non-hydrogen) atoms. The third-order valence-electron chi connectivity index (χ3n) is 3.66. The summed E-state index contributed by atoms with van der Waals surface area (Å²) in [4.78, 5) is 14.4. The lowest BCUT2D eigenvalue weighted by Crippen LogP contribution is -2.45. The fraction of sp³-hybridized carbons (Fsp3) is 0.867. The molecule has 3 nitrogen and oxygen atoms in total. The van der Waals surface area contributed by atoms with Gasteiger partial charge in [0.15, 0.2) is 0 Å². The molecule has 0 heterocycles. The summed E-state index contributed by atoms with van der Waals surface area (Å²) in [6, 6.07) is 2.52. The Labute approximate surface area is 112 Å². The number of hydrogen-bond donors (Lipinski definition) is 0. The van der Waals surface area contributed by atoms with E-state index in [1.165, 1.54) is 0 Å². The van der Waals surface area contributed by atoms with Crippen LogP contribution in [0.25, 0.3) is 0 Å². The SMILES string of the molecule is CCCC(C)N(C)C(=O)C(C#N)(CCC)CCC. The van der Waals surface area contributed by atoms with E-state index in [1.807, 2.05) is 20.9 Å². The first-order chi connectivity index (χ1) is 8.48. The van der Waals surface area contributed by atoms with Crippen molar-refractivity contribution in [2.75, 3.05) is 7.05 Å². The van der Waals surface area contributed by atoms with Gasteiger partial charge < -0.3 is 4.90 Å². The van der Waals surface area contributed by atoms with Crippen molar-refractivity contribution >= 4 is 5.91 Å². The molecule has 0 aromatic rings. The lowest BCUT2D eigenvalue weighted by atomic mass is 9.79. The van der Waals surface area contributed by atoms with Crippen molar-refractivity contribution in [3.05, 3.63) is 0 Å². The van der Waals surface area contributed by atoms with Gasteiger partial charge in [-0.3, -0.25) is 4.79 Å². The summed E-state index contributed by atoms with van der Waals surface area (Å²) >= 11 is 0. The fourth-order valence-electron chi connectivity index (χ4n) is 2.50. The van der Waals surface area contributed by atoms with Crippen LogP contribution in [0.5, 0.6) is 0 Å². The number of hydrogen-bond acceptors (Lipinski definition) is 2. The minimum atomic E-state index is -0.805. The highest BCUT2D eigenvalue weighted by molar-refractivity contribution is 5.85. The van der Waals surface area contributed by atoms with Crippen LogP contribution in [0.15, 0.2) is 0 Å². The van der Waals surface area contributed by atoms with Crippen LogP contribution in [-0.4, -0.2) is 23.9 Å². The second-order valence-electron chi connectivity index (χ2n) is 5.25. The Hall–Kier alpha value is -1.04. The third kappa shape index (κ3) is 4.01. The van der Waals surface area contributed by atoms with Crippen LogP contribution in [0.4, 0.5) is 0 Å². The zero-order chi connectivity index (χ0) is 14.2. The number of nitrogens with zero attached hydrogens (tertiary/aromatic N) is 2. The van der Waals surface area contributed by atoms with E-state index >= 15 is 0 Å². The molecule has 0 aromatic heterocycles. The summed E-state index contributed by atoms with van der Waals surface area (Å²) in [5, 5.41) is 9.47. The van der Waals surface area contributed by atoms with E-state index in [9.17, 15) is 10.1 Å². The summed E-state index contributed by atoms with van der Waals surface area (Å²) < 4.78 is 0. The highest BCUT2D eigenvalue weighted by Crippen LogP contribution is 2.32. The second kappa shape index (κ2) is 8.13. The van der Waals surface area contributed by atoms with E-state index in [1.54, 1.807) is 4.90 Å². The first kappa shape index (κ1) is 17.0. The Balaban J connectivity index is 5.01. The van der Waals surface area contributed by atoms with Crippen molar-refractivity contribution in [3.8, 4) is 6.07 Å². The largest absolute Gasteiger partial charge is 0.342 e. The van der Waals surface area contributed by atoms with Gasteiger partial charge in [-0.1, -0.05) is 40.0 Å². The van der Waals surface area contributed by atoms with Gasteiger partial charge in [-0.05, 0) is 26.2 Å². The smallest absolute Gasteiger partial charge is 0.243 e. The molecule has 104 valence electrons. The van der Waals surface area contributed by atoms with Crippen LogP contribution in [0, 0.1) is 16.7 Å². The summed E-state index contributed by atoms with van der Waals surface area (Å²) in [6.07, 6.45) is 5.12. The van der Waals surface area contributed by atoms with Gasteiger partial charge in [0.25, 0.3) is 0 Å². The minimum Gasteiger partial charge on any atom is -0.342 e. The Morgan fingerprint density at radius 1 is 1.22 bits per heavy atom. The summed E-state index contributed by atoms with van der Waals surface area (Å²) in [7, 11) is 1.83. The Kier molecular flexibility index (Phi) is 7.66. The van der Waals surface area contributed by atoms with E-state index in [0.717, 1.165) is 25.7 Å². The first-order valence-corrected chi connectivity index (χ1v) is 7.17. The highest BCUT2D eigenvalue weighted by Gasteiger charge is 2.39. The molecule has 0 fully saturated rings. The number of amides is 1. The average Bonchev–Trinajstić information content (AvgIpc) is 2.36. The minimum absolute atomic E-state index is 0.00894. The fourth-order valence-corrected chi connectivity index (χ4v) is 2.50. The maximum Gasteiger partial charge on any atom is 0.243 e. The molecule has 1 amide bonds. The van der Waals surface area contributed by atoms with Crippen molar-refractivity contribution in [3.63, 3.8) is 0 Å². The van der Waals surface area contributed by atoms with Crippen LogP contribution < -0.4 is 0 Å². The Morgan fingerprint density at radius 2 is 1.72 bits per heavy atom. The molecule has 0 aliphatic rings. The standard InChI is InChI=1S/C15H28N2O/c1-6-9-13(4)17(5)14(18)15(12-16,10-7-2)11-8-3/h13H,6-11H2,1-5H3. The topological polar surface area (TPSA) is 44.1 Å². The molecule has 0 radical (unpaired) electrons. The van der Waals surface area contributed by atoms with Crippen LogP contribution >= 0.6 is 0 Å². The summed E-state index contributed by atoms with van der Waals surface area (Å²) in [5.41, 5.74) is -0.805. The van der Waals surface area contributed by atoms with Gasteiger partial charge in [0.05, 0.1) is 6.07 Å². The summed E-state index contributed by atoms with van der Waals surface area (Å²) in [5.74, 6) is 0.00894. The van der Waals surface area contributed by atoms with Crippen LogP contribution in [0.3, 0.4) is 0 Å². The van der Waals surface area contributed by atoms with E-state index < -0.39 is 5.41 Å². The maximum atomic E-state index is 12.6. The molecule has 0 saturated carbocycles. The van der Waals surface area contributed by atoms with Crippen molar-refractivity contribution in [1.29, 1.82) is 5.26 Å².